The van der Waals surface area contributed by atoms with Crippen LogP contribution in [0.15, 0.2) is 42.9 Å². The van der Waals surface area contributed by atoms with Gasteiger partial charge in [-0.1, -0.05) is 31.2 Å². The van der Waals surface area contributed by atoms with Gasteiger partial charge in [0.05, 0.1) is 6.20 Å². The highest BCUT2D eigenvalue weighted by Gasteiger charge is 2.13. The molecule has 116 valence electrons. The normalized spacial score (nSPS) is 10.5. The lowest BCUT2D eigenvalue weighted by molar-refractivity contribution is 0.100. The van der Waals surface area contributed by atoms with Crippen LogP contribution in [0, 0.1) is 4.77 Å². The Morgan fingerprint density at radius 3 is 2.74 bits per heavy atom. The molecule has 8 heteroatoms. The lowest BCUT2D eigenvalue weighted by atomic mass is 10.1. The summed E-state index contributed by atoms with van der Waals surface area (Å²) in [5.74, 6) is 0.108. The van der Waals surface area contributed by atoms with Crippen LogP contribution in [0.3, 0.4) is 0 Å². The molecule has 0 spiro atoms. The van der Waals surface area contributed by atoms with Gasteiger partial charge in [0.25, 0.3) is 5.91 Å². The maximum absolute atomic E-state index is 12.2. The van der Waals surface area contributed by atoms with Crippen molar-refractivity contribution in [2.75, 3.05) is 5.43 Å². The molecule has 2 N–H and O–H groups in total. The van der Waals surface area contributed by atoms with Gasteiger partial charge in [0, 0.05) is 18.0 Å². The van der Waals surface area contributed by atoms with Gasteiger partial charge in [-0.05, 0) is 24.2 Å². The summed E-state index contributed by atoms with van der Waals surface area (Å²) in [5, 5.41) is 6.87. The van der Waals surface area contributed by atoms with Crippen molar-refractivity contribution in [3.8, 4) is 11.4 Å². The third-order valence-corrected chi connectivity index (χ3v) is 3.58. The zero-order valence-corrected chi connectivity index (χ0v) is 13.2. The number of nitrogens with zero attached hydrogens (tertiary/aromatic N) is 4. The zero-order valence-electron chi connectivity index (χ0n) is 12.4. The van der Waals surface area contributed by atoms with E-state index in [1.807, 2.05) is 24.3 Å². The Morgan fingerprint density at radius 2 is 2.09 bits per heavy atom. The van der Waals surface area contributed by atoms with Gasteiger partial charge in [0.1, 0.15) is 5.69 Å². The van der Waals surface area contributed by atoms with Crippen LogP contribution in [0.2, 0.25) is 0 Å². The second-order valence-corrected chi connectivity index (χ2v) is 5.16. The number of aryl methyl sites for hydroxylation is 1. The van der Waals surface area contributed by atoms with Gasteiger partial charge >= 0.3 is 0 Å². The van der Waals surface area contributed by atoms with Crippen LogP contribution < -0.4 is 5.43 Å². The largest absolute Gasteiger partial charge is 0.290 e. The number of nitrogens with one attached hydrogen (secondary N) is 2. The summed E-state index contributed by atoms with van der Waals surface area (Å²) in [6, 6.07) is 7.91. The molecule has 0 aliphatic carbocycles. The summed E-state index contributed by atoms with van der Waals surface area (Å²) in [7, 11) is 0. The van der Waals surface area contributed by atoms with Gasteiger partial charge in [-0.15, -0.1) is 0 Å². The first-order valence-corrected chi connectivity index (χ1v) is 7.44. The van der Waals surface area contributed by atoms with Crippen molar-refractivity contribution in [3.05, 3.63) is 58.9 Å². The summed E-state index contributed by atoms with van der Waals surface area (Å²) in [4.78, 5) is 20.1. The highest BCUT2D eigenvalue weighted by Crippen LogP contribution is 2.17. The molecule has 0 saturated carbocycles. The number of H-pyrrole nitrogens is 1. The van der Waals surface area contributed by atoms with Gasteiger partial charge in [0.15, 0.2) is 5.82 Å². The van der Waals surface area contributed by atoms with Gasteiger partial charge in [-0.2, -0.15) is 5.10 Å². The molecule has 1 aromatic carbocycles. The molecule has 1 amide bonds. The number of amides is 1. The summed E-state index contributed by atoms with van der Waals surface area (Å²) >= 11 is 5.18. The molecule has 0 aliphatic rings. The van der Waals surface area contributed by atoms with E-state index in [1.165, 1.54) is 28.8 Å². The third kappa shape index (κ3) is 3.16. The maximum Gasteiger partial charge on any atom is 0.290 e. The molecule has 0 aliphatic heterocycles. The molecule has 7 nitrogen and oxygen atoms in total. The molecular formula is C15H14N6OS. The second-order valence-electron chi connectivity index (χ2n) is 4.77. The highest BCUT2D eigenvalue weighted by atomic mass is 32.1. The number of hydrogen-bond acceptors (Lipinski definition) is 5. The van der Waals surface area contributed by atoms with Crippen LogP contribution in [0.25, 0.3) is 11.4 Å². The number of rotatable bonds is 4. The van der Waals surface area contributed by atoms with E-state index in [9.17, 15) is 4.79 Å². The summed E-state index contributed by atoms with van der Waals surface area (Å²) in [6.07, 6.45) is 5.29. The Bertz CT molecular complexity index is 869. The molecule has 0 radical (unpaired) electrons. The second kappa shape index (κ2) is 6.49. The number of benzene rings is 1. The smallest absolute Gasteiger partial charge is 0.266 e. The van der Waals surface area contributed by atoms with Gasteiger partial charge in [-0.25, -0.2) is 14.8 Å². The standard InChI is InChI=1S/C15H14N6OS/c1-2-10-3-5-11(6-4-10)13-18-19-15(23)21(13)20-14(22)12-9-16-7-8-17-12/h3-9H,2H2,1H3,(H,19,23)(H,20,22). The minimum Gasteiger partial charge on any atom is -0.266 e. The summed E-state index contributed by atoms with van der Waals surface area (Å²) < 4.78 is 1.71. The van der Waals surface area contributed by atoms with Gasteiger partial charge in [-0.3, -0.25) is 15.2 Å². The van der Waals surface area contributed by atoms with Crippen molar-refractivity contribution >= 4 is 18.1 Å². The SMILES string of the molecule is CCc1ccc(-c2n[nH]c(=S)n2NC(=O)c2cnccn2)cc1. The first-order valence-electron chi connectivity index (χ1n) is 7.03. The van der Waals surface area contributed by atoms with E-state index in [-0.39, 0.29) is 10.5 Å². The average Bonchev–Trinajstić information content (AvgIpc) is 2.96. The van der Waals surface area contributed by atoms with Crippen molar-refractivity contribution in [1.29, 1.82) is 0 Å². The maximum atomic E-state index is 12.2. The predicted octanol–water partition coefficient (Wildman–Crippen LogP) is 2.34. The molecule has 0 unspecified atom stereocenters. The molecule has 3 rings (SSSR count). The Balaban J connectivity index is 1.92. The molecule has 3 aromatic rings. The minimum atomic E-state index is -0.415. The Hall–Kier alpha value is -2.87. The molecule has 0 atom stereocenters. The van der Waals surface area contributed by atoms with Crippen LogP contribution in [0.5, 0.6) is 0 Å². The zero-order chi connectivity index (χ0) is 16.2. The fraction of sp³-hybridized carbons (Fsp3) is 0.133. The van der Waals surface area contributed by atoms with E-state index in [0.717, 1.165) is 12.0 Å². The number of carbonyl (C=O) groups excluding carboxylic acids is 1. The van der Waals surface area contributed by atoms with E-state index in [2.05, 4.69) is 32.5 Å². The highest BCUT2D eigenvalue weighted by molar-refractivity contribution is 7.71. The Kier molecular flexibility index (Phi) is 4.24. The molecule has 23 heavy (non-hydrogen) atoms. The first-order chi connectivity index (χ1) is 11.2. The van der Waals surface area contributed by atoms with Crippen LogP contribution in [-0.4, -0.2) is 30.7 Å². The predicted molar refractivity (Wildman–Crippen MR) is 87.9 cm³/mol. The van der Waals surface area contributed by atoms with Crippen LogP contribution in [0.1, 0.15) is 23.0 Å². The van der Waals surface area contributed by atoms with Crippen molar-refractivity contribution < 1.29 is 4.79 Å². The van der Waals surface area contributed by atoms with E-state index < -0.39 is 5.91 Å². The topological polar surface area (TPSA) is 88.5 Å². The van der Waals surface area contributed by atoms with Crippen molar-refractivity contribution in [1.82, 2.24) is 24.8 Å². The average molecular weight is 326 g/mol. The first kappa shape index (κ1) is 15.0. The number of carbonyl (C=O) groups is 1. The molecule has 0 fully saturated rings. The summed E-state index contributed by atoms with van der Waals surface area (Å²) in [6.45, 7) is 2.09. The quantitative estimate of drug-likeness (QED) is 0.719. The minimum absolute atomic E-state index is 0.197. The van der Waals surface area contributed by atoms with E-state index in [1.54, 1.807) is 0 Å². The Labute approximate surface area is 137 Å². The molecule has 2 aromatic heterocycles. The molecule has 2 heterocycles. The fourth-order valence-corrected chi connectivity index (χ4v) is 2.24. The van der Waals surface area contributed by atoms with Crippen molar-refractivity contribution in [2.45, 2.75) is 13.3 Å². The third-order valence-electron chi connectivity index (χ3n) is 3.30. The molecular weight excluding hydrogens is 312 g/mol. The van der Waals surface area contributed by atoms with Crippen LogP contribution in [0.4, 0.5) is 0 Å². The lowest BCUT2D eigenvalue weighted by Crippen LogP contribution is -2.24. The van der Waals surface area contributed by atoms with Gasteiger partial charge in [0.2, 0.25) is 4.77 Å². The number of aromatic amines is 1. The number of hydrogen-bond donors (Lipinski definition) is 2. The van der Waals surface area contributed by atoms with Crippen molar-refractivity contribution in [3.63, 3.8) is 0 Å². The lowest BCUT2D eigenvalue weighted by Gasteiger charge is -2.08. The molecule has 0 saturated heterocycles. The Morgan fingerprint density at radius 1 is 1.30 bits per heavy atom. The van der Waals surface area contributed by atoms with E-state index in [4.69, 9.17) is 12.2 Å². The number of aromatic nitrogens is 5. The van der Waals surface area contributed by atoms with Gasteiger partial charge < -0.3 is 0 Å². The van der Waals surface area contributed by atoms with Crippen LogP contribution in [-0.2, 0) is 6.42 Å². The van der Waals surface area contributed by atoms with E-state index in [0.29, 0.717) is 5.82 Å². The monoisotopic (exact) mass is 326 g/mol. The van der Waals surface area contributed by atoms with Crippen molar-refractivity contribution in [2.24, 2.45) is 0 Å². The summed E-state index contributed by atoms with van der Waals surface area (Å²) in [5.41, 5.74) is 4.94. The van der Waals surface area contributed by atoms with Crippen LogP contribution >= 0.6 is 12.2 Å². The fourth-order valence-electron chi connectivity index (χ4n) is 2.06. The molecule has 0 bridgehead atoms. The van der Waals surface area contributed by atoms with E-state index >= 15 is 0 Å².